The lowest BCUT2D eigenvalue weighted by molar-refractivity contribution is 0.440. The van der Waals surface area contributed by atoms with Crippen molar-refractivity contribution >= 4 is 28.9 Å². The molecule has 1 unspecified atom stereocenters. The van der Waals surface area contributed by atoms with Crippen molar-refractivity contribution in [3.05, 3.63) is 27.7 Å². The van der Waals surface area contributed by atoms with Crippen LogP contribution in [0.2, 0.25) is 10.0 Å². The molecule has 1 aromatic carbocycles. The third-order valence-electron chi connectivity index (χ3n) is 3.32. The first-order valence-corrected chi connectivity index (χ1v) is 7.00. The number of rotatable bonds is 5. The van der Waals surface area contributed by atoms with E-state index in [9.17, 15) is 0 Å². The van der Waals surface area contributed by atoms with Gasteiger partial charge in [-0.05, 0) is 42.9 Å². The average molecular weight is 289 g/mol. The first kappa shape index (κ1) is 15.6. The molecule has 1 rings (SSSR count). The highest BCUT2D eigenvalue weighted by Gasteiger charge is 2.22. The van der Waals surface area contributed by atoms with E-state index in [2.05, 4.69) is 13.8 Å². The Morgan fingerprint density at radius 2 is 1.72 bits per heavy atom. The third-order valence-corrected chi connectivity index (χ3v) is 3.95. The minimum Gasteiger partial charge on any atom is -0.396 e. The molecule has 0 aliphatic carbocycles. The molecule has 0 aliphatic rings. The van der Waals surface area contributed by atoms with Crippen LogP contribution in [0.4, 0.5) is 5.69 Å². The number of anilines is 1. The van der Waals surface area contributed by atoms with Gasteiger partial charge < -0.3 is 11.5 Å². The van der Waals surface area contributed by atoms with Gasteiger partial charge in [0.15, 0.2) is 0 Å². The minimum absolute atomic E-state index is 0.0237. The zero-order valence-corrected chi connectivity index (χ0v) is 12.8. The Morgan fingerprint density at radius 3 is 2.17 bits per heavy atom. The van der Waals surface area contributed by atoms with E-state index in [0.29, 0.717) is 15.7 Å². The Morgan fingerprint density at radius 1 is 1.22 bits per heavy atom. The second kappa shape index (κ2) is 6.14. The summed E-state index contributed by atoms with van der Waals surface area (Å²) >= 11 is 12.2. The topological polar surface area (TPSA) is 52.0 Å². The molecule has 1 atom stereocenters. The van der Waals surface area contributed by atoms with Gasteiger partial charge in [0.25, 0.3) is 0 Å². The van der Waals surface area contributed by atoms with Gasteiger partial charge in [-0.1, -0.05) is 43.5 Å². The molecule has 0 aliphatic heterocycles. The average Bonchev–Trinajstić information content (AvgIpc) is 2.24. The predicted molar refractivity (Wildman–Crippen MR) is 81.4 cm³/mol. The van der Waals surface area contributed by atoms with Crippen LogP contribution in [0.15, 0.2) is 12.1 Å². The predicted octanol–water partition coefficient (Wildman–Crippen LogP) is 4.37. The first-order chi connectivity index (χ1) is 8.24. The summed E-state index contributed by atoms with van der Waals surface area (Å²) in [5.74, 6) is 0. The van der Waals surface area contributed by atoms with Gasteiger partial charge in [0.05, 0.1) is 15.7 Å². The van der Waals surface area contributed by atoms with Gasteiger partial charge in [0.1, 0.15) is 0 Å². The summed E-state index contributed by atoms with van der Waals surface area (Å²) in [6, 6.07) is 4.07. The lowest BCUT2D eigenvalue weighted by Gasteiger charge is -2.26. The summed E-state index contributed by atoms with van der Waals surface area (Å²) in [4.78, 5) is 0. The number of halogens is 2. The fourth-order valence-corrected chi connectivity index (χ4v) is 2.47. The van der Waals surface area contributed by atoms with Crippen molar-refractivity contribution in [3.63, 3.8) is 0 Å². The van der Waals surface area contributed by atoms with Gasteiger partial charge in [0, 0.05) is 6.04 Å². The molecule has 0 saturated heterocycles. The van der Waals surface area contributed by atoms with Crippen LogP contribution in [0.5, 0.6) is 0 Å². The zero-order valence-electron chi connectivity index (χ0n) is 11.3. The van der Waals surface area contributed by atoms with Crippen LogP contribution in [-0.4, -0.2) is 6.04 Å². The molecule has 0 heterocycles. The van der Waals surface area contributed by atoms with Gasteiger partial charge in [-0.2, -0.15) is 0 Å². The van der Waals surface area contributed by atoms with Crippen molar-refractivity contribution < 1.29 is 0 Å². The number of nitrogens with two attached hydrogens (primary N) is 2. The van der Waals surface area contributed by atoms with E-state index in [4.69, 9.17) is 34.7 Å². The normalized spacial score (nSPS) is 13.7. The molecule has 0 bridgehead atoms. The summed E-state index contributed by atoms with van der Waals surface area (Å²) in [5.41, 5.74) is 13.1. The van der Waals surface area contributed by atoms with Crippen LogP contribution in [0.1, 0.15) is 45.6 Å². The molecule has 0 aromatic heterocycles. The molecular formula is C14H22Cl2N2. The molecule has 0 fully saturated rings. The molecule has 0 radical (unpaired) electrons. The molecule has 4 N–H and O–H groups in total. The van der Waals surface area contributed by atoms with Gasteiger partial charge >= 0.3 is 0 Å². The Bertz CT molecular complexity index is 391. The monoisotopic (exact) mass is 288 g/mol. The number of benzene rings is 1. The summed E-state index contributed by atoms with van der Waals surface area (Å²) in [6.45, 7) is 6.41. The number of nitrogen functional groups attached to an aromatic ring is 1. The first-order valence-electron chi connectivity index (χ1n) is 6.24. The van der Waals surface area contributed by atoms with Gasteiger partial charge in [-0.15, -0.1) is 0 Å². The van der Waals surface area contributed by atoms with Crippen molar-refractivity contribution in [2.45, 2.75) is 51.5 Å². The van der Waals surface area contributed by atoms with Crippen LogP contribution in [0.3, 0.4) is 0 Å². The lowest BCUT2D eigenvalue weighted by Crippen LogP contribution is -2.20. The standard InChI is InChI=1S/C14H22Cl2N2/c1-9(17)5-4-6-14(2,3)10-7-11(15)13(18)12(16)8-10/h7-9H,4-6,17-18H2,1-3H3. The molecule has 0 amide bonds. The summed E-state index contributed by atoms with van der Waals surface area (Å²) < 4.78 is 0. The third kappa shape index (κ3) is 4.04. The van der Waals surface area contributed by atoms with E-state index in [-0.39, 0.29) is 11.5 Å². The van der Waals surface area contributed by atoms with Crippen LogP contribution < -0.4 is 11.5 Å². The highest BCUT2D eigenvalue weighted by Crippen LogP contribution is 2.36. The maximum Gasteiger partial charge on any atom is 0.0693 e. The molecule has 1 aromatic rings. The second-order valence-corrected chi connectivity index (χ2v) is 6.42. The fraction of sp³-hybridized carbons (Fsp3) is 0.571. The Labute approximate surface area is 120 Å². The molecule has 0 saturated carbocycles. The lowest BCUT2D eigenvalue weighted by atomic mass is 9.80. The van der Waals surface area contributed by atoms with E-state index in [1.54, 1.807) is 0 Å². The van der Waals surface area contributed by atoms with E-state index in [1.165, 1.54) is 0 Å². The van der Waals surface area contributed by atoms with Crippen LogP contribution in [-0.2, 0) is 5.41 Å². The quantitative estimate of drug-likeness (QED) is 0.791. The van der Waals surface area contributed by atoms with Gasteiger partial charge in [-0.25, -0.2) is 0 Å². The smallest absolute Gasteiger partial charge is 0.0693 e. The van der Waals surface area contributed by atoms with Crippen molar-refractivity contribution in [2.75, 3.05) is 5.73 Å². The minimum atomic E-state index is 0.0237. The largest absolute Gasteiger partial charge is 0.396 e. The van der Waals surface area contributed by atoms with Crippen molar-refractivity contribution in [2.24, 2.45) is 5.73 Å². The highest BCUT2D eigenvalue weighted by molar-refractivity contribution is 6.38. The van der Waals surface area contributed by atoms with E-state index >= 15 is 0 Å². The Kier molecular flexibility index (Phi) is 5.32. The van der Waals surface area contributed by atoms with E-state index in [1.807, 2.05) is 19.1 Å². The van der Waals surface area contributed by atoms with Crippen molar-refractivity contribution in [1.29, 1.82) is 0 Å². The van der Waals surface area contributed by atoms with Gasteiger partial charge in [0.2, 0.25) is 0 Å². The maximum atomic E-state index is 6.08. The second-order valence-electron chi connectivity index (χ2n) is 5.61. The van der Waals surface area contributed by atoms with Gasteiger partial charge in [-0.3, -0.25) is 0 Å². The maximum absolute atomic E-state index is 6.08. The number of hydrogen-bond acceptors (Lipinski definition) is 2. The van der Waals surface area contributed by atoms with Crippen LogP contribution >= 0.6 is 23.2 Å². The van der Waals surface area contributed by atoms with Crippen LogP contribution in [0, 0.1) is 0 Å². The highest BCUT2D eigenvalue weighted by atomic mass is 35.5. The van der Waals surface area contributed by atoms with Crippen molar-refractivity contribution in [1.82, 2.24) is 0 Å². The fourth-order valence-electron chi connectivity index (χ4n) is 1.99. The Balaban J connectivity index is 2.84. The van der Waals surface area contributed by atoms with Crippen LogP contribution in [0.25, 0.3) is 0 Å². The van der Waals surface area contributed by atoms with E-state index in [0.717, 1.165) is 24.8 Å². The molecule has 102 valence electrons. The number of hydrogen-bond donors (Lipinski definition) is 2. The summed E-state index contributed by atoms with van der Waals surface area (Å²) in [7, 11) is 0. The summed E-state index contributed by atoms with van der Waals surface area (Å²) in [6.07, 6.45) is 3.16. The molecule has 4 heteroatoms. The summed E-state index contributed by atoms with van der Waals surface area (Å²) in [5, 5.41) is 1.05. The Hall–Kier alpha value is -0.440. The van der Waals surface area contributed by atoms with E-state index < -0.39 is 0 Å². The molecule has 0 spiro atoms. The molecule has 2 nitrogen and oxygen atoms in total. The SMILES string of the molecule is CC(N)CCCC(C)(C)c1cc(Cl)c(N)c(Cl)c1. The van der Waals surface area contributed by atoms with Crippen molar-refractivity contribution in [3.8, 4) is 0 Å². The molecule has 18 heavy (non-hydrogen) atoms. The zero-order chi connectivity index (χ0) is 13.9. The molecular weight excluding hydrogens is 267 g/mol.